The van der Waals surface area contributed by atoms with E-state index in [1.165, 1.54) is 0 Å². The Hall–Kier alpha value is -1.34. The molecular formula is C17H33N5O2. The Kier molecular flexibility index (Phi) is 8.32. The third kappa shape index (κ3) is 6.28. The highest BCUT2D eigenvalue weighted by Gasteiger charge is 2.23. The Morgan fingerprint density at radius 2 is 1.92 bits per heavy atom. The van der Waals surface area contributed by atoms with Gasteiger partial charge in [-0.05, 0) is 25.7 Å². The lowest BCUT2D eigenvalue weighted by molar-refractivity contribution is -0.121. The first-order chi connectivity index (χ1) is 11.7. The second kappa shape index (κ2) is 10.5. The number of hydrogen-bond donors (Lipinski definition) is 2. The summed E-state index contributed by atoms with van der Waals surface area (Å²) < 4.78 is 5.38. The van der Waals surface area contributed by atoms with Crippen LogP contribution in [-0.2, 0) is 9.53 Å². The molecule has 0 spiro atoms. The zero-order valence-electron chi connectivity index (χ0n) is 15.2. The smallest absolute Gasteiger partial charge is 0.220 e. The van der Waals surface area contributed by atoms with Crippen molar-refractivity contribution in [3.05, 3.63) is 0 Å². The molecule has 2 fully saturated rings. The predicted octanol–water partition coefficient (Wildman–Crippen LogP) is 0.132. The van der Waals surface area contributed by atoms with E-state index >= 15 is 0 Å². The van der Waals surface area contributed by atoms with Gasteiger partial charge in [-0.1, -0.05) is 0 Å². The van der Waals surface area contributed by atoms with Gasteiger partial charge < -0.3 is 20.3 Å². The summed E-state index contributed by atoms with van der Waals surface area (Å²) in [6, 6.07) is 0. The molecule has 7 nitrogen and oxygen atoms in total. The average molecular weight is 339 g/mol. The van der Waals surface area contributed by atoms with Gasteiger partial charge in [0.1, 0.15) is 0 Å². The Morgan fingerprint density at radius 3 is 2.54 bits per heavy atom. The van der Waals surface area contributed by atoms with Crippen molar-refractivity contribution in [3.63, 3.8) is 0 Å². The van der Waals surface area contributed by atoms with E-state index in [4.69, 9.17) is 9.73 Å². The number of carbonyl (C=O) groups excluding carboxylic acids is 1. The van der Waals surface area contributed by atoms with E-state index < -0.39 is 0 Å². The highest BCUT2D eigenvalue weighted by atomic mass is 16.5. The van der Waals surface area contributed by atoms with Crippen molar-refractivity contribution >= 4 is 11.9 Å². The van der Waals surface area contributed by atoms with Crippen molar-refractivity contribution in [2.45, 2.75) is 26.2 Å². The molecule has 2 aliphatic rings. The van der Waals surface area contributed by atoms with Crippen LogP contribution >= 0.6 is 0 Å². The fourth-order valence-corrected chi connectivity index (χ4v) is 3.26. The standard InChI is InChI=1S/C17H33N5O2/c1-3-19-17(20-6-9-21-10-12-24-13-11-21)22-7-4-15(5-8-22)14-16(23)18-2/h15H,3-14H2,1-2H3,(H,18,23)(H,19,20). The first-order valence-electron chi connectivity index (χ1n) is 9.27. The summed E-state index contributed by atoms with van der Waals surface area (Å²) in [6.45, 7) is 10.4. The normalized spacial score (nSPS) is 20.9. The molecule has 0 aromatic rings. The summed E-state index contributed by atoms with van der Waals surface area (Å²) in [5.74, 6) is 1.67. The Labute approximate surface area is 145 Å². The third-order valence-corrected chi connectivity index (χ3v) is 4.78. The monoisotopic (exact) mass is 339 g/mol. The maximum Gasteiger partial charge on any atom is 0.220 e. The molecule has 0 aromatic carbocycles. The molecule has 0 unspecified atom stereocenters. The summed E-state index contributed by atoms with van der Waals surface area (Å²) in [4.78, 5) is 21.1. The van der Waals surface area contributed by atoms with Crippen molar-refractivity contribution in [1.29, 1.82) is 0 Å². The number of likely N-dealkylation sites (tertiary alicyclic amines) is 1. The molecule has 24 heavy (non-hydrogen) atoms. The quantitative estimate of drug-likeness (QED) is 0.532. The minimum atomic E-state index is 0.152. The minimum Gasteiger partial charge on any atom is -0.379 e. The lowest BCUT2D eigenvalue weighted by atomic mass is 9.93. The SMILES string of the molecule is CCNC(=NCCN1CCOCC1)N1CCC(CC(=O)NC)CC1. The van der Waals surface area contributed by atoms with Crippen LogP contribution in [0, 0.1) is 5.92 Å². The molecular weight excluding hydrogens is 306 g/mol. The van der Waals surface area contributed by atoms with E-state index in [0.29, 0.717) is 12.3 Å². The van der Waals surface area contributed by atoms with Crippen LogP contribution in [0.3, 0.4) is 0 Å². The summed E-state index contributed by atoms with van der Waals surface area (Å²) in [6.07, 6.45) is 2.76. The van der Waals surface area contributed by atoms with Crippen LogP contribution < -0.4 is 10.6 Å². The van der Waals surface area contributed by atoms with Gasteiger partial charge in [-0.15, -0.1) is 0 Å². The van der Waals surface area contributed by atoms with E-state index in [1.54, 1.807) is 7.05 Å². The van der Waals surface area contributed by atoms with Gasteiger partial charge in [0.2, 0.25) is 5.91 Å². The van der Waals surface area contributed by atoms with Crippen LogP contribution in [0.5, 0.6) is 0 Å². The summed E-state index contributed by atoms with van der Waals surface area (Å²) in [7, 11) is 1.71. The molecule has 0 aliphatic carbocycles. The van der Waals surface area contributed by atoms with Crippen molar-refractivity contribution in [1.82, 2.24) is 20.4 Å². The molecule has 2 saturated heterocycles. The fraction of sp³-hybridized carbons (Fsp3) is 0.882. The predicted molar refractivity (Wildman–Crippen MR) is 96.2 cm³/mol. The Morgan fingerprint density at radius 1 is 1.21 bits per heavy atom. The highest BCUT2D eigenvalue weighted by molar-refractivity contribution is 5.80. The lowest BCUT2D eigenvalue weighted by Crippen LogP contribution is -2.46. The number of hydrogen-bond acceptors (Lipinski definition) is 4. The number of rotatable bonds is 6. The molecule has 2 aliphatic heterocycles. The van der Waals surface area contributed by atoms with Gasteiger partial charge in [0.25, 0.3) is 0 Å². The maximum atomic E-state index is 11.5. The number of morpholine rings is 1. The third-order valence-electron chi connectivity index (χ3n) is 4.78. The molecule has 0 atom stereocenters. The Balaban J connectivity index is 1.77. The molecule has 138 valence electrons. The highest BCUT2D eigenvalue weighted by Crippen LogP contribution is 2.20. The molecule has 2 N–H and O–H groups in total. The number of ether oxygens (including phenoxy) is 1. The van der Waals surface area contributed by atoms with Gasteiger partial charge in [-0.25, -0.2) is 0 Å². The second-order valence-electron chi connectivity index (χ2n) is 6.50. The van der Waals surface area contributed by atoms with Crippen molar-refractivity contribution in [3.8, 4) is 0 Å². The summed E-state index contributed by atoms with van der Waals surface area (Å²) in [5, 5.41) is 6.13. The summed E-state index contributed by atoms with van der Waals surface area (Å²) >= 11 is 0. The van der Waals surface area contributed by atoms with Gasteiger partial charge in [-0.3, -0.25) is 14.7 Å². The number of amides is 1. The largest absolute Gasteiger partial charge is 0.379 e. The number of nitrogens with one attached hydrogen (secondary N) is 2. The van der Waals surface area contributed by atoms with Gasteiger partial charge >= 0.3 is 0 Å². The van der Waals surface area contributed by atoms with Gasteiger partial charge in [0, 0.05) is 52.7 Å². The van der Waals surface area contributed by atoms with E-state index in [-0.39, 0.29) is 5.91 Å². The lowest BCUT2D eigenvalue weighted by Gasteiger charge is -2.34. The minimum absolute atomic E-state index is 0.152. The van der Waals surface area contributed by atoms with Crippen LogP contribution in [0.15, 0.2) is 4.99 Å². The molecule has 0 saturated carbocycles. The van der Waals surface area contributed by atoms with Crippen molar-refractivity contribution in [2.75, 3.05) is 66.1 Å². The topological polar surface area (TPSA) is 69.2 Å². The van der Waals surface area contributed by atoms with Gasteiger partial charge in [-0.2, -0.15) is 0 Å². The summed E-state index contributed by atoms with van der Waals surface area (Å²) in [5.41, 5.74) is 0. The first kappa shape index (κ1) is 19.0. The fourth-order valence-electron chi connectivity index (χ4n) is 3.26. The molecule has 1 amide bonds. The van der Waals surface area contributed by atoms with Crippen LogP contribution in [-0.4, -0.2) is 87.7 Å². The second-order valence-corrected chi connectivity index (χ2v) is 6.50. The maximum absolute atomic E-state index is 11.5. The van der Waals surface area contributed by atoms with Crippen molar-refractivity contribution < 1.29 is 9.53 Å². The molecule has 0 aromatic heterocycles. The van der Waals surface area contributed by atoms with Crippen LogP contribution in [0.2, 0.25) is 0 Å². The first-order valence-corrected chi connectivity index (χ1v) is 9.27. The number of guanidine groups is 1. The van der Waals surface area contributed by atoms with Gasteiger partial charge in [0.05, 0.1) is 19.8 Å². The van der Waals surface area contributed by atoms with E-state index in [0.717, 1.165) is 77.8 Å². The average Bonchev–Trinajstić information content (AvgIpc) is 2.62. The molecule has 0 radical (unpaired) electrons. The van der Waals surface area contributed by atoms with E-state index in [9.17, 15) is 4.79 Å². The Bertz CT molecular complexity index is 402. The molecule has 7 heteroatoms. The zero-order chi connectivity index (χ0) is 17.2. The number of carbonyl (C=O) groups is 1. The van der Waals surface area contributed by atoms with Crippen LogP contribution in [0.25, 0.3) is 0 Å². The van der Waals surface area contributed by atoms with Crippen LogP contribution in [0.1, 0.15) is 26.2 Å². The van der Waals surface area contributed by atoms with E-state index in [2.05, 4.69) is 27.4 Å². The molecule has 2 heterocycles. The number of piperidine rings is 1. The van der Waals surface area contributed by atoms with E-state index in [1.807, 2.05) is 0 Å². The number of aliphatic imine (C=N–C) groups is 1. The number of nitrogens with zero attached hydrogens (tertiary/aromatic N) is 3. The van der Waals surface area contributed by atoms with Crippen molar-refractivity contribution in [2.24, 2.45) is 10.9 Å². The van der Waals surface area contributed by atoms with Gasteiger partial charge in [0.15, 0.2) is 5.96 Å². The molecule has 0 bridgehead atoms. The van der Waals surface area contributed by atoms with Crippen LogP contribution in [0.4, 0.5) is 0 Å². The zero-order valence-corrected chi connectivity index (χ0v) is 15.2. The molecule has 2 rings (SSSR count).